The van der Waals surface area contributed by atoms with Crippen LogP contribution in [0.2, 0.25) is 0 Å². The Hall–Kier alpha value is 0.0900. The summed E-state index contributed by atoms with van der Waals surface area (Å²) in [5, 5.41) is -0.278. The van der Waals surface area contributed by atoms with Crippen molar-refractivity contribution in [3.8, 4) is 0 Å². The van der Waals surface area contributed by atoms with Crippen molar-refractivity contribution in [2.24, 2.45) is 0 Å². The van der Waals surface area contributed by atoms with Crippen molar-refractivity contribution in [3.63, 3.8) is 0 Å². The predicted molar refractivity (Wildman–Crippen MR) is 151 cm³/mol. The zero-order valence-electron chi connectivity index (χ0n) is 17.0. The van der Waals surface area contributed by atoms with Gasteiger partial charge in [0.15, 0.2) is 0 Å². The maximum absolute atomic E-state index is 11.9. The Morgan fingerprint density at radius 1 is 0.548 bits per heavy atom. The zero-order valence-corrected chi connectivity index (χ0v) is 22.7. The maximum atomic E-state index is 11.9. The van der Waals surface area contributed by atoms with Gasteiger partial charge >= 0.3 is 0 Å². The van der Waals surface area contributed by atoms with Crippen molar-refractivity contribution >= 4 is 103 Å². The van der Waals surface area contributed by atoms with Gasteiger partial charge < -0.3 is 0 Å². The van der Waals surface area contributed by atoms with Gasteiger partial charge in [-0.05, 0) is 24.3 Å². The molecule has 0 heterocycles. The summed E-state index contributed by atoms with van der Waals surface area (Å²) in [6.45, 7) is 13.9. The number of thioether (sulfide) groups is 7. The lowest BCUT2D eigenvalue weighted by atomic mass is 10.7. The van der Waals surface area contributed by atoms with Gasteiger partial charge in [0.05, 0.1) is 9.16 Å². The lowest BCUT2D eigenvalue weighted by molar-refractivity contribution is -0.107. The highest BCUT2D eigenvalue weighted by Crippen LogP contribution is 2.35. The summed E-state index contributed by atoms with van der Waals surface area (Å²) in [6.07, 6.45) is 5.20. The van der Waals surface area contributed by atoms with Gasteiger partial charge in [0.1, 0.15) is 0 Å². The highest BCUT2D eigenvalue weighted by atomic mass is 32.2. The molecule has 2 unspecified atom stereocenters. The Morgan fingerprint density at radius 3 is 1.48 bits per heavy atom. The number of carbonyl (C=O) groups is 4. The molecule has 0 aromatic rings. The molecular weight excluding hydrogens is 529 g/mol. The smallest absolute Gasteiger partial charge is 0.212 e. The van der Waals surface area contributed by atoms with Crippen LogP contribution >= 0.6 is 82.3 Å². The molecule has 0 aromatic heterocycles. The summed E-state index contributed by atoms with van der Waals surface area (Å²) in [5.74, 6) is 4.13. The molecule has 0 rings (SSSR count). The van der Waals surface area contributed by atoms with E-state index in [1.54, 1.807) is 35.3 Å². The second-order valence-electron chi connectivity index (χ2n) is 5.15. The summed E-state index contributed by atoms with van der Waals surface area (Å²) in [7, 11) is 0. The summed E-state index contributed by atoms with van der Waals surface area (Å²) in [6, 6.07) is 0. The monoisotopic (exact) mass is 554 g/mol. The minimum Gasteiger partial charge on any atom is -0.282 e. The number of hydrogen-bond acceptors (Lipinski definition) is 11. The van der Waals surface area contributed by atoms with Crippen molar-refractivity contribution in [2.45, 2.75) is 9.16 Å². The molecule has 0 aliphatic carbocycles. The van der Waals surface area contributed by atoms with Crippen LogP contribution in [0.15, 0.2) is 50.6 Å². The molecule has 0 fully saturated rings. The zero-order chi connectivity index (χ0) is 23.5. The molecule has 0 spiro atoms. The standard InChI is InChI=1S/C20H26O4S7/c1-5-15(21)25-9-11-27-19(13-29-17(23)7-3)30-14-20(31-18(24)8-4)28-12-10-26-16(22)6-2/h5-8,19-20H,1-4,9-14H2. The van der Waals surface area contributed by atoms with Crippen LogP contribution < -0.4 is 0 Å². The summed E-state index contributed by atoms with van der Waals surface area (Å²) < 4.78 is 0.141. The van der Waals surface area contributed by atoms with Crippen LogP contribution in [-0.2, 0) is 19.2 Å². The Kier molecular flexibility index (Phi) is 20.7. The first kappa shape index (κ1) is 31.1. The molecule has 0 aliphatic rings. The summed E-state index contributed by atoms with van der Waals surface area (Å²) in [5.41, 5.74) is 0. The van der Waals surface area contributed by atoms with Gasteiger partial charge in [-0.2, -0.15) is 0 Å². The van der Waals surface area contributed by atoms with E-state index in [-0.39, 0.29) is 29.6 Å². The molecule has 2 atom stereocenters. The lowest BCUT2D eigenvalue weighted by Crippen LogP contribution is -2.12. The Balaban J connectivity index is 4.73. The quantitative estimate of drug-likeness (QED) is 0.120. The highest BCUT2D eigenvalue weighted by molar-refractivity contribution is 8.27. The van der Waals surface area contributed by atoms with E-state index < -0.39 is 0 Å². The molecule has 0 radical (unpaired) electrons. The molecule has 0 aromatic carbocycles. The van der Waals surface area contributed by atoms with E-state index >= 15 is 0 Å². The van der Waals surface area contributed by atoms with Crippen LogP contribution in [0.4, 0.5) is 0 Å². The molecule has 31 heavy (non-hydrogen) atoms. The number of carbonyl (C=O) groups excluding carboxylic acids is 4. The Labute approximate surface area is 214 Å². The third-order valence-corrected chi connectivity index (χ3v) is 12.4. The van der Waals surface area contributed by atoms with Crippen LogP contribution in [0.5, 0.6) is 0 Å². The molecule has 172 valence electrons. The first-order valence-electron chi connectivity index (χ1n) is 8.91. The largest absolute Gasteiger partial charge is 0.282 e. The number of rotatable bonds is 18. The molecule has 0 aliphatic heterocycles. The van der Waals surface area contributed by atoms with E-state index in [1.807, 2.05) is 0 Å². The van der Waals surface area contributed by atoms with Gasteiger partial charge in [-0.1, -0.05) is 73.4 Å². The average molecular weight is 555 g/mol. The molecule has 0 bridgehead atoms. The fourth-order valence-electron chi connectivity index (χ4n) is 1.59. The van der Waals surface area contributed by atoms with Crippen molar-refractivity contribution in [1.29, 1.82) is 0 Å². The summed E-state index contributed by atoms with van der Waals surface area (Å²) in [4.78, 5) is 46.1. The van der Waals surface area contributed by atoms with Gasteiger partial charge in [-0.25, -0.2) is 0 Å². The average Bonchev–Trinajstić information content (AvgIpc) is 2.78. The van der Waals surface area contributed by atoms with E-state index in [2.05, 4.69) is 26.3 Å². The summed E-state index contributed by atoms with van der Waals surface area (Å²) >= 11 is 9.89. The normalized spacial score (nSPS) is 12.4. The SMILES string of the molecule is C=CC(=O)SCCSC(CSC(=O)C=C)SCC(SCCSC(=O)C=C)SC(=O)C=C. The minimum absolute atomic E-state index is 0.00913. The van der Waals surface area contributed by atoms with Crippen molar-refractivity contribution in [3.05, 3.63) is 50.6 Å². The van der Waals surface area contributed by atoms with Crippen molar-refractivity contribution < 1.29 is 19.2 Å². The predicted octanol–water partition coefficient (Wildman–Crippen LogP) is 5.62. The van der Waals surface area contributed by atoms with Crippen molar-refractivity contribution in [1.82, 2.24) is 0 Å². The lowest BCUT2D eigenvalue weighted by Gasteiger charge is -2.19. The van der Waals surface area contributed by atoms with Crippen LogP contribution in [0.1, 0.15) is 0 Å². The van der Waals surface area contributed by atoms with Crippen LogP contribution in [0.25, 0.3) is 0 Å². The second-order valence-corrected chi connectivity index (χ2v) is 14.0. The van der Waals surface area contributed by atoms with Crippen molar-refractivity contribution in [2.75, 3.05) is 34.5 Å². The number of hydrogen-bond donors (Lipinski definition) is 0. The molecule has 0 saturated carbocycles. The third kappa shape index (κ3) is 18.2. The molecule has 11 heteroatoms. The highest BCUT2D eigenvalue weighted by Gasteiger charge is 2.19. The molecule has 0 N–H and O–H groups in total. The second kappa shape index (κ2) is 20.7. The van der Waals surface area contributed by atoms with E-state index in [4.69, 9.17) is 0 Å². The van der Waals surface area contributed by atoms with E-state index in [9.17, 15) is 19.2 Å². The van der Waals surface area contributed by atoms with Gasteiger partial charge in [0.2, 0.25) is 20.5 Å². The van der Waals surface area contributed by atoms with Gasteiger partial charge in [0, 0.05) is 34.5 Å². The third-order valence-electron chi connectivity index (χ3n) is 2.96. The van der Waals surface area contributed by atoms with Crippen LogP contribution in [0, 0.1) is 0 Å². The molecule has 4 nitrogen and oxygen atoms in total. The topological polar surface area (TPSA) is 68.3 Å². The van der Waals surface area contributed by atoms with E-state index in [0.717, 1.165) is 11.5 Å². The maximum Gasteiger partial charge on any atom is 0.212 e. The Bertz CT molecular complexity index is 651. The van der Waals surface area contributed by atoms with E-state index in [0.29, 0.717) is 23.0 Å². The van der Waals surface area contributed by atoms with Crippen LogP contribution in [-0.4, -0.2) is 64.1 Å². The van der Waals surface area contributed by atoms with Crippen LogP contribution in [0.3, 0.4) is 0 Å². The van der Waals surface area contributed by atoms with Gasteiger partial charge in [0.25, 0.3) is 0 Å². The van der Waals surface area contributed by atoms with E-state index in [1.165, 1.54) is 71.4 Å². The van der Waals surface area contributed by atoms with Gasteiger partial charge in [-0.3, -0.25) is 19.2 Å². The fraction of sp³-hybridized carbons (Fsp3) is 0.400. The fourth-order valence-corrected chi connectivity index (χ4v) is 9.40. The molecular formula is C20H26O4S7. The minimum atomic E-state index is -0.0901. The Morgan fingerprint density at radius 2 is 1.00 bits per heavy atom. The first-order chi connectivity index (χ1) is 14.9. The molecule has 0 amide bonds. The van der Waals surface area contributed by atoms with Gasteiger partial charge in [-0.15, -0.1) is 35.3 Å². The first-order valence-corrected chi connectivity index (χ1v) is 15.9. The molecule has 0 saturated heterocycles.